The summed E-state index contributed by atoms with van der Waals surface area (Å²) in [6, 6.07) is 5.39. The predicted octanol–water partition coefficient (Wildman–Crippen LogP) is 1.53. The van der Waals surface area contributed by atoms with Crippen LogP contribution >= 0.6 is 0 Å². The molecule has 126 valence electrons. The van der Waals surface area contributed by atoms with Crippen LogP contribution in [0.25, 0.3) is 0 Å². The number of likely N-dealkylation sites (tertiary alicyclic amines) is 1. The van der Waals surface area contributed by atoms with Gasteiger partial charge in [0.05, 0.1) is 5.56 Å². The molecule has 24 heavy (non-hydrogen) atoms. The molecule has 1 atom stereocenters. The number of H-pyrrole nitrogens is 1. The lowest BCUT2D eigenvalue weighted by Crippen LogP contribution is -2.39. The zero-order valence-electron chi connectivity index (χ0n) is 13.9. The molecule has 7 nitrogen and oxygen atoms in total. The molecule has 0 bridgehead atoms. The first-order chi connectivity index (χ1) is 11.6. The Bertz CT molecular complexity index is 709. The van der Waals surface area contributed by atoms with Gasteiger partial charge in [-0.05, 0) is 31.0 Å². The zero-order valence-corrected chi connectivity index (χ0v) is 13.9. The minimum atomic E-state index is -0.0613. The van der Waals surface area contributed by atoms with Gasteiger partial charge in [-0.1, -0.05) is 0 Å². The Hall–Kier alpha value is -2.70. The van der Waals surface area contributed by atoms with E-state index in [9.17, 15) is 9.59 Å². The van der Waals surface area contributed by atoms with Crippen molar-refractivity contribution in [2.75, 3.05) is 27.2 Å². The summed E-state index contributed by atoms with van der Waals surface area (Å²) >= 11 is 0. The summed E-state index contributed by atoms with van der Waals surface area (Å²) in [5.74, 6) is 0.0967. The van der Waals surface area contributed by atoms with Crippen molar-refractivity contribution in [1.82, 2.24) is 25.0 Å². The van der Waals surface area contributed by atoms with Crippen LogP contribution in [0, 0.1) is 0 Å². The minimum absolute atomic E-state index is 0.0309. The van der Waals surface area contributed by atoms with Crippen LogP contribution in [0.4, 0.5) is 0 Å². The SMILES string of the molecule is CN(C)C(=O)c1ccc([C@@H]2CCCN(C(=O)c3ccn[nH]3)C2)nc1. The number of nitrogens with zero attached hydrogens (tertiary/aromatic N) is 4. The summed E-state index contributed by atoms with van der Waals surface area (Å²) in [4.78, 5) is 32.2. The maximum Gasteiger partial charge on any atom is 0.271 e. The van der Waals surface area contributed by atoms with Crippen LogP contribution in [-0.2, 0) is 0 Å². The van der Waals surface area contributed by atoms with Gasteiger partial charge in [-0.3, -0.25) is 19.7 Å². The zero-order chi connectivity index (χ0) is 17.1. The summed E-state index contributed by atoms with van der Waals surface area (Å²) in [5.41, 5.74) is 2.01. The Kier molecular flexibility index (Phi) is 4.59. The smallest absolute Gasteiger partial charge is 0.271 e. The van der Waals surface area contributed by atoms with Gasteiger partial charge >= 0.3 is 0 Å². The third-order valence-electron chi connectivity index (χ3n) is 4.30. The highest BCUT2D eigenvalue weighted by Gasteiger charge is 2.27. The van der Waals surface area contributed by atoms with Crippen LogP contribution in [0.2, 0.25) is 0 Å². The fourth-order valence-electron chi connectivity index (χ4n) is 2.98. The number of hydrogen-bond donors (Lipinski definition) is 1. The number of hydrogen-bond acceptors (Lipinski definition) is 4. The van der Waals surface area contributed by atoms with Crippen molar-refractivity contribution in [3.05, 3.63) is 47.5 Å². The van der Waals surface area contributed by atoms with Crippen molar-refractivity contribution in [2.24, 2.45) is 0 Å². The lowest BCUT2D eigenvalue weighted by atomic mass is 9.93. The standard InChI is InChI=1S/C17H21N5O2/c1-21(2)16(23)12-5-6-14(18-10-12)13-4-3-9-22(11-13)17(24)15-7-8-19-20-15/h5-8,10,13H,3-4,9,11H2,1-2H3,(H,19,20)/t13-/m1/s1. The number of aromatic nitrogens is 3. The molecule has 1 aliphatic heterocycles. The molecule has 0 spiro atoms. The molecule has 1 fully saturated rings. The van der Waals surface area contributed by atoms with Crippen molar-refractivity contribution in [2.45, 2.75) is 18.8 Å². The molecule has 2 aromatic heterocycles. The third kappa shape index (κ3) is 3.29. The normalized spacial score (nSPS) is 17.6. The number of aromatic amines is 1. The van der Waals surface area contributed by atoms with Crippen LogP contribution in [-0.4, -0.2) is 64.0 Å². The molecule has 0 unspecified atom stereocenters. The molecule has 3 rings (SSSR count). The van der Waals surface area contributed by atoms with E-state index in [2.05, 4.69) is 15.2 Å². The van der Waals surface area contributed by atoms with E-state index >= 15 is 0 Å². The van der Waals surface area contributed by atoms with Crippen molar-refractivity contribution in [3.63, 3.8) is 0 Å². The number of nitrogens with one attached hydrogen (secondary N) is 1. The molecule has 0 aromatic carbocycles. The van der Waals surface area contributed by atoms with Crippen molar-refractivity contribution < 1.29 is 9.59 Å². The second-order valence-electron chi connectivity index (χ2n) is 6.23. The maximum atomic E-state index is 12.4. The monoisotopic (exact) mass is 327 g/mol. The average molecular weight is 327 g/mol. The van der Waals surface area contributed by atoms with Crippen molar-refractivity contribution in [1.29, 1.82) is 0 Å². The molecule has 2 amide bonds. The molecular formula is C17H21N5O2. The van der Waals surface area contributed by atoms with E-state index in [0.717, 1.165) is 25.1 Å². The molecule has 1 aliphatic rings. The van der Waals surface area contributed by atoms with Gasteiger partial charge in [0.1, 0.15) is 5.69 Å². The van der Waals surface area contributed by atoms with Gasteiger partial charge in [-0.15, -0.1) is 0 Å². The first-order valence-electron chi connectivity index (χ1n) is 8.02. The summed E-state index contributed by atoms with van der Waals surface area (Å²) in [6.45, 7) is 1.37. The van der Waals surface area contributed by atoms with Crippen LogP contribution in [0.3, 0.4) is 0 Å². The van der Waals surface area contributed by atoms with Crippen molar-refractivity contribution in [3.8, 4) is 0 Å². The Labute approximate surface area is 140 Å². The molecule has 0 saturated carbocycles. The van der Waals surface area contributed by atoms with Crippen molar-refractivity contribution >= 4 is 11.8 Å². The molecule has 3 heterocycles. The molecular weight excluding hydrogens is 306 g/mol. The maximum absolute atomic E-state index is 12.4. The molecule has 0 radical (unpaired) electrons. The van der Waals surface area contributed by atoms with Crippen LogP contribution in [0.5, 0.6) is 0 Å². The van der Waals surface area contributed by atoms with Gasteiger partial charge in [0, 0.05) is 51.2 Å². The van der Waals surface area contributed by atoms with Crippen LogP contribution in [0.15, 0.2) is 30.6 Å². The van der Waals surface area contributed by atoms with Gasteiger partial charge in [0.15, 0.2) is 0 Å². The largest absolute Gasteiger partial charge is 0.345 e. The molecule has 2 aromatic rings. The fourth-order valence-corrected chi connectivity index (χ4v) is 2.98. The summed E-state index contributed by atoms with van der Waals surface area (Å²) in [7, 11) is 3.44. The van der Waals surface area contributed by atoms with Crippen LogP contribution < -0.4 is 0 Å². The Morgan fingerprint density at radius 3 is 2.75 bits per heavy atom. The van der Waals surface area contributed by atoms with E-state index in [1.54, 1.807) is 38.6 Å². The number of carbonyl (C=O) groups excluding carboxylic acids is 2. The Morgan fingerprint density at radius 1 is 1.29 bits per heavy atom. The third-order valence-corrected chi connectivity index (χ3v) is 4.30. The number of carbonyl (C=O) groups is 2. The van der Waals surface area contributed by atoms with Gasteiger partial charge in [0.25, 0.3) is 11.8 Å². The van der Waals surface area contributed by atoms with Gasteiger partial charge in [0.2, 0.25) is 0 Å². The van der Waals surface area contributed by atoms with E-state index in [1.807, 2.05) is 11.0 Å². The van der Waals surface area contributed by atoms with Gasteiger partial charge < -0.3 is 9.80 Å². The number of amides is 2. The fraction of sp³-hybridized carbons (Fsp3) is 0.412. The highest BCUT2D eigenvalue weighted by atomic mass is 16.2. The number of piperidine rings is 1. The number of pyridine rings is 1. The van der Waals surface area contributed by atoms with Crippen LogP contribution in [0.1, 0.15) is 45.3 Å². The quantitative estimate of drug-likeness (QED) is 0.927. The van der Waals surface area contributed by atoms with Gasteiger partial charge in [-0.25, -0.2) is 0 Å². The highest BCUT2D eigenvalue weighted by molar-refractivity contribution is 5.93. The Morgan fingerprint density at radius 2 is 2.12 bits per heavy atom. The lowest BCUT2D eigenvalue weighted by Gasteiger charge is -2.32. The summed E-state index contributed by atoms with van der Waals surface area (Å²) < 4.78 is 0. The molecule has 0 aliphatic carbocycles. The highest BCUT2D eigenvalue weighted by Crippen LogP contribution is 2.26. The summed E-state index contributed by atoms with van der Waals surface area (Å²) in [6.07, 6.45) is 5.12. The van der Waals surface area contributed by atoms with E-state index < -0.39 is 0 Å². The topological polar surface area (TPSA) is 82.2 Å². The second kappa shape index (κ2) is 6.82. The average Bonchev–Trinajstić information content (AvgIpc) is 3.15. The molecule has 1 N–H and O–H groups in total. The van der Waals surface area contributed by atoms with E-state index in [-0.39, 0.29) is 17.7 Å². The first kappa shape index (κ1) is 16.2. The van der Waals surface area contributed by atoms with E-state index in [0.29, 0.717) is 17.8 Å². The van der Waals surface area contributed by atoms with E-state index in [4.69, 9.17) is 0 Å². The predicted molar refractivity (Wildman–Crippen MR) is 88.7 cm³/mol. The Balaban J connectivity index is 1.70. The molecule has 1 saturated heterocycles. The first-order valence-corrected chi connectivity index (χ1v) is 8.02. The van der Waals surface area contributed by atoms with Gasteiger partial charge in [-0.2, -0.15) is 5.10 Å². The number of rotatable bonds is 3. The summed E-state index contributed by atoms with van der Waals surface area (Å²) in [5, 5.41) is 6.56. The minimum Gasteiger partial charge on any atom is -0.345 e. The second-order valence-corrected chi connectivity index (χ2v) is 6.23. The van der Waals surface area contributed by atoms with E-state index in [1.165, 1.54) is 4.90 Å². The molecule has 7 heteroatoms. The lowest BCUT2D eigenvalue weighted by molar-refractivity contribution is 0.0699.